The quantitative estimate of drug-likeness (QED) is 0.437. The van der Waals surface area contributed by atoms with Crippen LogP contribution in [-0.4, -0.2) is 74.5 Å². The Kier molecular flexibility index (Phi) is 8.02. The first-order valence-corrected chi connectivity index (χ1v) is 8.68. The highest BCUT2D eigenvalue weighted by molar-refractivity contribution is 7.93. The summed E-state index contributed by atoms with van der Waals surface area (Å²) in [6, 6.07) is 0. The highest BCUT2D eigenvalue weighted by Gasteiger charge is 2.38. The molecule has 0 radical (unpaired) electrons. The number of hydrogen-bond acceptors (Lipinski definition) is 6. The molecule has 2 aliphatic heterocycles. The number of ether oxygens (including phenoxy) is 1. The molecule has 2 aliphatic rings. The van der Waals surface area contributed by atoms with Crippen LogP contribution in [0.5, 0.6) is 0 Å². The Balaban J connectivity index is 0.000000270. The molecule has 2 rings (SSSR count). The average Bonchev–Trinajstić information content (AvgIpc) is 2.85. The van der Waals surface area contributed by atoms with Crippen molar-refractivity contribution in [3.63, 3.8) is 0 Å². The molecule has 2 saturated heterocycles. The Morgan fingerprint density at radius 3 is 2.14 bits per heavy atom. The van der Waals surface area contributed by atoms with Gasteiger partial charge in [-0.15, -0.1) is 0 Å². The van der Waals surface area contributed by atoms with E-state index in [0.717, 1.165) is 25.0 Å². The minimum Gasteiger partial charge on any atom is -0.462 e. The number of carbonyl (C=O) groups is 1. The molecule has 0 aliphatic carbocycles. The molecule has 2 heterocycles. The van der Waals surface area contributed by atoms with E-state index < -0.39 is 0 Å². The van der Waals surface area contributed by atoms with Crippen molar-refractivity contribution in [2.24, 2.45) is 11.8 Å². The van der Waals surface area contributed by atoms with Crippen molar-refractivity contribution in [2.45, 2.75) is 26.4 Å². The summed E-state index contributed by atoms with van der Waals surface area (Å²) in [7, 11) is 2.24. The van der Waals surface area contributed by atoms with Gasteiger partial charge in [0.1, 0.15) is 5.60 Å². The number of fused-ring (bicyclic) bond motifs is 1. The summed E-state index contributed by atoms with van der Waals surface area (Å²) in [5.74, 6) is 1.85. The number of carbonyl (C=O) groups excluding carboxylic acids is 1. The molecule has 0 aromatic heterocycles. The van der Waals surface area contributed by atoms with Gasteiger partial charge in [0, 0.05) is 39.0 Å². The van der Waals surface area contributed by atoms with E-state index in [4.69, 9.17) is 4.18 Å². The van der Waals surface area contributed by atoms with E-state index in [1.165, 1.54) is 38.2 Å². The van der Waals surface area contributed by atoms with Crippen LogP contribution in [0.25, 0.3) is 0 Å². The van der Waals surface area contributed by atoms with E-state index in [-0.39, 0.29) is 5.60 Å². The fraction of sp³-hybridized carbons (Fsp3) is 0.933. The van der Waals surface area contributed by atoms with Gasteiger partial charge in [-0.2, -0.15) is 0 Å². The molecule has 0 spiro atoms. The molecule has 0 bridgehead atoms. The molecule has 124 valence electrons. The normalized spacial score (nSPS) is 26.1. The molecule has 0 saturated carbocycles. The van der Waals surface area contributed by atoms with Crippen LogP contribution in [0.4, 0.5) is 0 Å². The van der Waals surface area contributed by atoms with Gasteiger partial charge in [-0.05, 0) is 51.7 Å². The monoisotopic (exact) mass is 318 g/mol. The summed E-state index contributed by atoms with van der Waals surface area (Å²) in [5.41, 5.74) is -0.318. The van der Waals surface area contributed by atoms with Gasteiger partial charge >= 0.3 is 0 Å². The van der Waals surface area contributed by atoms with Gasteiger partial charge in [-0.1, -0.05) is 0 Å². The van der Waals surface area contributed by atoms with Gasteiger partial charge in [0.2, 0.25) is 0 Å². The van der Waals surface area contributed by atoms with Crippen molar-refractivity contribution in [1.82, 2.24) is 9.80 Å². The molecular formula is C15H30N2O3S. The lowest BCUT2D eigenvalue weighted by Crippen LogP contribution is -2.29. The molecule has 5 nitrogen and oxygen atoms in total. The molecule has 0 aromatic rings. The van der Waals surface area contributed by atoms with Crippen molar-refractivity contribution >= 4 is 18.5 Å². The van der Waals surface area contributed by atoms with Gasteiger partial charge in [-0.3, -0.25) is 4.79 Å². The largest absolute Gasteiger partial charge is 0.462 e. The van der Waals surface area contributed by atoms with Crippen LogP contribution in [-0.2, 0) is 13.7 Å². The second-order valence-electron chi connectivity index (χ2n) is 6.82. The molecule has 6 heteroatoms. The van der Waals surface area contributed by atoms with Crippen LogP contribution in [0.3, 0.4) is 0 Å². The van der Waals surface area contributed by atoms with E-state index >= 15 is 0 Å². The predicted molar refractivity (Wildman–Crippen MR) is 87.3 cm³/mol. The third kappa shape index (κ3) is 7.49. The summed E-state index contributed by atoms with van der Waals surface area (Å²) in [5, 5.41) is 0. The standard InChI is InChI=1S/C10H20N2OS.C5H10O2/c1-11-5-9-7-12(3-4-13-14-2)8-10(9)6-11;1-5(2,3)7-4-6/h9-10H,3-8H2,1-2H3;4H,1-3H3. The highest BCUT2D eigenvalue weighted by atomic mass is 32.2. The first-order valence-electron chi connectivity index (χ1n) is 7.53. The summed E-state index contributed by atoms with van der Waals surface area (Å²) in [6.45, 7) is 13.1. The topological polar surface area (TPSA) is 42.0 Å². The zero-order chi connectivity index (χ0) is 15.9. The lowest BCUT2D eigenvalue weighted by molar-refractivity contribution is -0.138. The molecule has 0 amide bonds. The Labute approximate surface area is 133 Å². The lowest BCUT2D eigenvalue weighted by Gasteiger charge is -2.18. The molecule has 0 N–H and O–H groups in total. The summed E-state index contributed by atoms with van der Waals surface area (Å²) in [4.78, 5) is 14.6. The predicted octanol–water partition coefficient (Wildman–Crippen LogP) is 1.73. The van der Waals surface area contributed by atoms with E-state index in [1.54, 1.807) is 0 Å². The molecular weight excluding hydrogens is 288 g/mol. The van der Waals surface area contributed by atoms with Crippen molar-refractivity contribution in [3.05, 3.63) is 0 Å². The Morgan fingerprint density at radius 1 is 1.19 bits per heavy atom. The molecule has 2 unspecified atom stereocenters. The van der Waals surface area contributed by atoms with Crippen LogP contribution in [0, 0.1) is 11.8 Å². The summed E-state index contributed by atoms with van der Waals surface area (Å²) < 4.78 is 9.85. The van der Waals surface area contributed by atoms with E-state index in [2.05, 4.69) is 21.6 Å². The second-order valence-corrected chi connectivity index (χ2v) is 7.39. The molecule has 2 fully saturated rings. The first kappa shape index (κ1) is 18.7. The summed E-state index contributed by atoms with van der Waals surface area (Å²) >= 11 is 1.47. The average molecular weight is 318 g/mol. The second kappa shape index (κ2) is 8.98. The number of hydrogen-bond donors (Lipinski definition) is 0. The number of likely N-dealkylation sites (tertiary alicyclic amines) is 2. The number of nitrogens with zero attached hydrogens (tertiary/aromatic N) is 2. The van der Waals surface area contributed by atoms with Gasteiger partial charge in [0.25, 0.3) is 6.47 Å². The summed E-state index contributed by atoms with van der Waals surface area (Å²) in [6.07, 6.45) is 1.98. The fourth-order valence-electron chi connectivity index (χ4n) is 2.90. The Bertz CT molecular complexity index is 296. The number of rotatable bonds is 5. The highest BCUT2D eigenvalue weighted by Crippen LogP contribution is 2.29. The molecule has 21 heavy (non-hydrogen) atoms. The van der Waals surface area contributed by atoms with Crippen molar-refractivity contribution < 1.29 is 13.7 Å². The Morgan fingerprint density at radius 2 is 1.76 bits per heavy atom. The van der Waals surface area contributed by atoms with E-state index in [1.807, 2.05) is 27.0 Å². The van der Waals surface area contributed by atoms with Gasteiger partial charge in [-0.25, -0.2) is 0 Å². The first-order chi connectivity index (χ1) is 9.85. The van der Waals surface area contributed by atoms with Gasteiger partial charge in [0.15, 0.2) is 0 Å². The van der Waals surface area contributed by atoms with Gasteiger partial charge < -0.3 is 18.7 Å². The van der Waals surface area contributed by atoms with Crippen LogP contribution in [0.1, 0.15) is 20.8 Å². The van der Waals surface area contributed by atoms with E-state index in [9.17, 15) is 4.79 Å². The fourth-order valence-corrected chi connectivity index (χ4v) is 3.14. The third-order valence-electron chi connectivity index (χ3n) is 3.75. The maximum atomic E-state index is 9.60. The maximum absolute atomic E-state index is 9.60. The van der Waals surface area contributed by atoms with Crippen molar-refractivity contribution in [3.8, 4) is 0 Å². The molecule has 2 atom stereocenters. The van der Waals surface area contributed by atoms with Crippen LogP contribution < -0.4 is 0 Å². The third-order valence-corrected chi connectivity index (χ3v) is 4.16. The minimum atomic E-state index is -0.318. The maximum Gasteiger partial charge on any atom is 0.293 e. The Hall–Kier alpha value is -0.300. The smallest absolute Gasteiger partial charge is 0.293 e. The molecule has 0 aromatic carbocycles. The van der Waals surface area contributed by atoms with Crippen LogP contribution >= 0.6 is 12.0 Å². The van der Waals surface area contributed by atoms with Crippen LogP contribution in [0.2, 0.25) is 0 Å². The van der Waals surface area contributed by atoms with E-state index in [0.29, 0.717) is 6.47 Å². The minimum absolute atomic E-state index is 0.318. The van der Waals surface area contributed by atoms with Crippen molar-refractivity contribution in [2.75, 3.05) is 52.6 Å². The lowest BCUT2D eigenvalue weighted by atomic mass is 10.0. The zero-order valence-electron chi connectivity index (χ0n) is 14.0. The van der Waals surface area contributed by atoms with Gasteiger partial charge in [0.05, 0.1) is 6.61 Å². The SMILES string of the molecule is CC(C)(C)OC=O.CSOCCN1CC2CN(C)CC2C1. The van der Waals surface area contributed by atoms with Crippen molar-refractivity contribution in [1.29, 1.82) is 0 Å². The van der Waals surface area contributed by atoms with Crippen LogP contribution in [0.15, 0.2) is 0 Å². The zero-order valence-corrected chi connectivity index (χ0v) is 14.8.